The maximum Gasteiger partial charge on any atom is 0.316 e. The number of ether oxygens (including phenoxy) is 1. The molecule has 7 heteroatoms. The molecule has 0 fully saturated rings. The largest absolute Gasteiger partial charge is 0.465 e. The summed E-state index contributed by atoms with van der Waals surface area (Å²) >= 11 is 1.16. The molecule has 1 aromatic carbocycles. The summed E-state index contributed by atoms with van der Waals surface area (Å²) in [4.78, 5) is 14.5. The maximum atomic E-state index is 11.3. The van der Waals surface area contributed by atoms with Gasteiger partial charge in [0.05, 0.1) is 6.61 Å². The Labute approximate surface area is 124 Å². The molecule has 0 spiro atoms. The van der Waals surface area contributed by atoms with Crippen molar-refractivity contribution in [2.45, 2.75) is 12.1 Å². The number of esters is 1. The fraction of sp³-hybridized carbons (Fsp3) is 0.214. The number of carbonyl (C=O) groups is 1. The second-order valence-electron chi connectivity index (χ2n) is 4.24. The number of carbonyl (C=O) groups excluding carboxylic acids is 1. The van der Waals surface area contributed by atoms with Crippen molar-refractivity contribution < 1.29 is 13.9 Å². The smallest absolute Gasteiger partial charge is 0.316 e. The van der Waals surface area contributed by atoms with Crippen molar-refractivity contribution in [1.82, 2.24) is 15.2 Å². The van der Waals surface area contributed by atoms with Crippen LogP contribution in [0.4, 0.5) is 0 Å². The molecule has 3 aromatic rings. The molecule has 3 rings (SSSR count). The minimum absolute atomic E-state index is 0.155. The number of aromatic amines is 1. The Morgan fingerprint density at radius 2 is 2.24 bits per heavy atom. The van der Waals surface area contributed by atoms with Crippen LogP contribution in [0.2, 0.25) is 0 Å². The highest BCUT2D eigenvalue weighted by molar-refractivity contribution is 7.99. The van der Waals surface area contributed by atoms with E-state index in [0.717, 1.165) is 28.4 Å². The third-order valence-corrected chi connectivity index (χ3v) is 3.58. The van der Waals surface area contributed by atoms with Gasteiger partial charge in [-0.2, -0.15) is 0 Å². The lowest BCUT2D eigenvalue weighted by Crippen LogP contribution is -2.06. The monoisotopic (exact) mass is 303 g/mol. The molecule has 0 saturated carbocycles. The standard InChI is InChI=1S/C14H13N3O3S/c1-2-19-12(18)8-21-14-17-16-13(20-14)11-7-9-5-3-4-6-10(9)15-11/h3-7,15H,2,8H2,1H3. The van der Waals surface area contributed by atoms with E-state index in [0.29, 0.717) is 17.7 Å². The normalized spacial score (nSPS) is 10.9. The minimum Gasteiger partial charge on any atom is -0.465 e. The zero-order valence-corrected chi connectivity index (χ0v) is 12.1. The van der Waals surface area contributed by atoms with E-state index in [1.54, 1.807) is 6.92 Å². The predicted molar refractivity (Wildman–Crippen MR) is 78.9 cm³/mol. The Bertz CT molecular complexity index is 733. The van der Waals surface area contributed by atoms with Gasteiger partial charge in [0.1, 0.15) is 11.4 Å². The van der Waals surface area contributed by atoms with Crippen molar-refractivity contribution in [1.29, 1.82) is 0 Å². The third-order valence-electron chi connectivity index (χ3n) is 2.79. The molecule has 0 atom stereocenters. The number of hydrogen-bond donors (Lipinski definition) is 1. The quantitative estimate of drug-likeness (QED) is 0.576. The predicted octanol–water partition coefficient (Wildman–Crippen LogP) is 2.87. The number of nitrogens with one attached hydrogen (secondary N) is 1. The minimum atomic E-state index is -0.298. The zero-order chi connectivity index (χ0) is 14.7. The van der Waals surface area contributed by atoms with Crippen LogP contribution in [0.25, 0.3) is 22.5 Å². The molecule has 1 N–H and O–H groups in total. The summed E-state index contributed by atoms with van der Waals surface area (Å²) in [5, 5.41) is 9.32. The van der Waals surface area contributed by atoms with Crippen LogP contribution in [-0.2, 0) is 9.53 Å². The van der Waals surface area contributed by atoms with E-state index in [1.807, 2.05) is 30.3 Å². The Hall–Kier alpha value is -2.28. The molecule has 0 aliphatic rings. The van der Waals surface area contributed by atoms with Crippen molar-refractivity contribution in [3.8, 4) is 11.6 Å². The highest BCUT2D eigenvalue weighted by Gasteiger charge is 2.13. The molecule has 6 nitrogen and oxygen atoms in total. The summed E-state index contributed by atoms with van der Waals surface area (Å²) in [6.45, 7) is 2.13. The van der Waals surface area contributed by atoms with E-state index < -0.39 is 0 Å². The first-order valence-electron chi connectivity index (χ1n) is 6.46. The summed E-state index contributed by atoms with van der Waals surface area (Å²) in [5.41, 5.74) is 1.76. The highest BCUT2D eigenvalue weighted by atomic mass is 32.2. The molecule has 0 unspecified atom stereocenters. The van der Waals surface area contributed by atoms with Gasteiger partial charge in [-0.15, -0.1) is 10.2 Å². The van der Waals surface area contributed by atoms with Gasteiger partial charge < -0.3 is 14.1 Å². The molecule has 2 heterocycles. The Morgan fingerprint density at radius 1 is 1.38 bits per heavy atom. The van der Waals surface area contributed by atoms with Gasteiger partial charge in [-0.25, -0.2) is 0 Å². The summed E-state index contributed by atoms with van der Waals surface area (Å²) in [5.74, 6) is 0.257. The molecule has 0 bridgehead atoms. The second kappa shape index (κ2) is 6.01. The Balaban J connectivity index is 1.73. The topological polar surface area (TPSA) is 81.0 Å². The summed E-state index contributed by atoms with van der Waals surface area (Å²) in [6.07, 6.45) is 0. The van der Waals surface area contributed by atoms with Crippen LogP contribution in [0.3, 0.4) is 0 Å². The number of aromatic nitrogens is 3. The maximum absolute atomic E-state index is 11.3. The fourth-order valence-electron chi connectivity index (χ4n) is 1.89. The number of H-pyrrole nitrogens is 1. The van der Waals surface area contributed by atoms with Crippen LogP contribution in [-0.4, -0.2) is 33.5 Å². The lowest BCUT2D eigenvalue weighted by molar-refractivity contribution is -0.139. The van der Waals surface area contributed by atoms with Gasteiger partial charge in [0.2, 0.25) is 0 Å². The van der Waals surface area contributed by atoms with Crippen LogP contribution in [0, 0.1) is 0 Å². The first-order valence-corrected chi connectivity index (χ1v) is 7.45. The van der Waals surface area contributed by atoms with E-state index in [-0.39, 0.29) is 11.7 Å². The number of benzene rings is 1. The lowest BCUT2D eigenvalue weighted by Gasteiger charge is -1.97. The van der Waals surface area contributed by atoms with Gasteiger partial charge in [-0.3, -0.25) is 4.79 Å². The second-order valence-corrected chi connectivity index (χ2v) is 5.16. The van der Waals surface area contributed by atoms with E-state index in [9.17, 15) is 4.79 Å². The number of thioether (sulfide) groups is 1. The highest BCUT2D eigenvalue weighted by Crippen LogP contribution is 2.25. The molecular weight excluding hydrogens is 290 g/mol. The third kappa shape index (κ3) is 3.08. The Morgan fingerprint density at radius 3 is 3.05 bits per heavy atom. The lowest BCUT2D eigenvalue weighted by atomic mass is 10.2. The van der Waals surface area contributed by atoms with Crippen LogP contribution < -0.4 is 0 Å². The first kappa shape index (κ1) is 13.7. The van der Waals surface area contributed by atoms with Crippen LogP contribution in [0.15, 0.2) is 40.0 Å². The molecule has 108 valence electrons. The molecule has 0 amide bonds. The van der Waals surface area contributed by atoms with E-state index in [1.165, 1.54) is 0 Å². The van der Waals surface area contributed by atoms with Gasteiger partial charge in [-0.1, -0.05) is 30.0 Å². The van der Waals surface area contributed by atoms with Gasteiger partial charge in [-0.05, 0) is 19.1 Å². The van der Waals surface area contributed by atoms with Crippen molar-refractivity contribution >= 4 is 28.6 Å². The Kier molecular flexibility index (Phi) is 3.92. The van der Waals surface area contributed by atoms with E-state index >= 15 is 0 Å². The molecule has 2 aromatic heterocycles. The van der Waals surface area contributed by atoms with E-state index in [4.69, 9.17) is 9.15 Å². The van der Waals surface area contributed by atoms with Crippen molar-refractivity contribution in [2.24, 2.45) is 0 Å². The van der Waals surface area contributed by atoms with Crippen LogP contribution in [0.1, 0.15) is 6.92 Å². The van der Waals surface area contributed by atoms with Gasteiger partial charge in [0.25, 0.3) is 11.1 Å². The van der Waals surface area contributed by atoms with Crippen LogP contribution in [0.5, 0.6) is 0 Å². The first-order chi connectivity index (χ1) is 10.3. The van der Waals surface area contributed by atoms with Gasteiger partial charge in [0, 0.05) is 10.9 Å². The number of para-hydroxylation sites is 1. The average Bonchev–Trinajstić information content (AvgIpc) is 3.11. The average molecular weight is 303 g/mol. The summed E-state index contributed by atoms with van der Waals surface area (Å²) < 4.78 is 10.4. The summed E-state index contributed by atoms with van der Waals surface area (Å²) in [6, 6.07) is 9.85. The van der Waals surface area contributed by atoms with Crippen molar-refractivity contribution in [3.63, 3.8) is 0 Å². The number of rotatable bonds is 5. The van der Waals surface area contributed by atoms with Gasteiger partial charge >= 0.3 is 5.97 Å². The zero-order valence-electron chi connectivity index (χ0n) is 11.3. The number of fused-ring (bicyclic) bond motifs is 1. The summed E-state index contributed by atoms with van der Waals surface area (Å²) in [7, 11) is 0. The van der Waals surface area contributed by atoms with Crippen LogP contribution >= 0.6 is 11.8 Å². The fourth-order valence-corrected chi connectivity index (χ4v) is 2.45. The number of hydrogen-bond acceptors (Lipinski definition) is 6. The number of nitrogens with zero attached hydrogens (tertiary/aromatic N) is 2. The SMILES string of the molecule is CCOC(=O)CSc1nnc(-c2cc3ccccc3[nH]2)o1. The molecule has 0 radical (unpaired) electrons. The molecule has 0 aliphatic heterocycles. The van der Waals surface area contributed by atoms with Crippen molar-refractivity contribution in [3.05, 3.63) is 30.3 Å². The molecule has 0 saturated heterocycles. The molecule has 21 heavy (non-hydrogen) atoms. The molecular formula is C14H13N3O3S. The van der Waals surface area contributed by atoms with E-state index in [2.05, 4.69) is 15.2 Å². The van der Waals surface area contributed by atoms with Gasteiger partial charge in [0.15, 0.2) is 0 Å². The molecule has 0 aliphatic carbocycles. The van der Waals surface area contributed by atoms with Crippen molar-refractivity contribution in [2.75, 3.05) is 12.4 Å².